The number of hydrogen-bond donors (Lipinski definition) is 0. The molecule has 1 heterocycles. The van der Waals surface area contributed by atoms with Crippen LogP contribution in [0.2, 0.25) is 0 Å². The molecule has 0 spiro atoms. The Morgan fingerprint density at radius 2 is 2.06 bits per heavy atom. The third-order valence-electron chi connectivity index (χ3n) is 2.61. The molecule has 1 amide bonds. The van der Waals surface area contributed by atoms with Gasteiger partial charge in [0.2, 0.25) is 0 Å². The highest BCUT2D eigenvalue weighted by molar-refractivity contribution is 7.86. The lowest BCUT2D eigenvalue weighted by Crippen LogP contribution is -2.44. The Morgan fingerprint density at radius 3 is 2.56 bits per heavy atom. The van der Waals surface area contributed by atoms with Gasteiger partial charge in [0.15, 0.2) is 0 Å². The maximum absolute atomic E-state index is 12.6. The van der Waals surface area contributed by atoms with E-state index < -0.39 is 27.7 Å². The van der Waals surface area contributed by atoms with Gasteiger partial charge in [-0.2, -0.15) is 8.42 Å². The van der Waals surface area contributed by atoms with Crippen LogP contribution >= 0.6 is 0 Å². The summed E-state index contributed by atoms with van der Waals surface area (Å²) in [6, 6.07) is 0. The van der Waals surface area contributed by atoms with Crippen molar-refractivity contribution in [2.45, 2.75) is 39.2 Å². The molecule has 1 aliphatic heterocycles. The highest BCUT2D eigenvalue weighted by Gasteiger charge is 2.29. The molecule has 0 saturated carbocycles. The van der Waals surface area contributed by atoms with Crippen molar-refractivity contribution < 1.29 is 21.8 Å². The van der Waals surface area contributed by atoms with Crippen LogP contribution in [-0.2, 0) is 15.0 Å². The summed E-state index contributed by atoms with van der Waals surface area (Å²) in [6.45, 7) is 6.05. The van der Waals surface area contributed by atoms with E-state index in [4.69, 9.17) is 4.74 Å². The Labute approximate surface area is 108 Å². The highest BCUT2D eigenvalue weighted by Crippen LogP contribution is 2.21. The summed E-state index contributed by atoms with van der Waals surface area (Å²) in [4.78, 5) is 13.2. The van der Waals surface area contributed by atoms with Crippen molar-refractivity contribution in [1.29, 1.82) is 0 Å². The summed E-state index contributed by atoms with van der Waals surface area (Å²) >= 11 is 0. The molecular weight excluding hydrogens is 261 g/mol. The Bertz CT molecular complexity index is 402. The van der Waals surface area contributed by atoms with Crippen molar-refractivity contribution >= 4 is 16.3 Å². The lowest BCUT2D eigenvalue weighted by atomic mass is 10.0. The predicted octanol–water partition coefficient (Wildman–Crippen LogP) is 1.93. The molecule has 1 fully saturated rings. The standard InChI is InChI=1S/C11H20FNO4S/c1-11(2,3)17-10(14)13-6-4-5-9(7-13)8-18(12,15)16/h9H,4-8H2,1-3H3/t9-/m1/s1. The second-order valence-corrected chi connectivity index (χ2v) is 7.05. The molecule has 1 atom stereocenters. The van der Waals surface area contributed by atoms with Crippen LogP contribution in [-0.4, -0.2) is 43.9 Å². The first-order valence-electron chi connectivity index (χ1n) is 5.97. The van der Waals surface area contributed by atoms with E-state index in [0.717, 1.165) is 0 Å². The Kier molecular flexibility index (Phi) is 4.58. The number of piperidine rings is 1. The normalized spacial score (nSPS) is 21.8. The monoisotopic (exact) mass is 281 g/mol. The summed E-state index contributed by atoms with van der Waals surface area (Å²) in [6.07, 6.45) is 0.811. The van der Waals surface area contributed by atoms with Gasteiger partial charge in [-0.25, -0.2) is 4.79 Å². The Hall–Kier alpha value is -0.850. The number of carbonyl (C=O) groups is 1. The van der Waals surface area contributed by atoms with Crippen molar-refractivity contribution in [3.8, 4) is 0 Å². The van der Waals surface area contributed by atoms with Gasteiger partial charge in [-0.1, -0.05) is 0 Å². The summed E-state index contributed by atoms with van der Waals surface area (Å²) in [7, 11) is -4.49. The van der Waals surface area contributed by atoms with Gasteiger partial charge < -0.3 is 9.64 Å². The van der Waals surface area contributed by atoms with E-state index in [2.05, 4.69) is 0 Å². The number of carbonyl (C=O) groups excluding carboxylic acids is 1. The minimum atomic E-state index is -4.49. The van der Waals surface area contributed by atoms with Gasteiger partial charge >= 0.3 is 16.3 Å². The first kappa shape index (κ1) is 15.2. The van der Waals surface area contributed by atoms with Gasteiger partial charge in [0.05, 0.1) is 5.75 Å². The van der Waals surface area contributed by atoms with Gasteiger partial charge in [-0.3, -0.25) is 0 Å². The topological polar surface area (TPSA) is 63.7 Å². The molecule has 0 aromatic heterocycles. The molecule has 1 rings (SSSR count). The molecule has 0 radical (unpaired) electrons. The summed E-state index contributed by atoms with van der Waals surface area (Å²) in [5.74, 6) is -0.868. The SMILES string of the molecule is CC(C)(C)OC(=O)N1CCC[C@@H](CS(=O)(=O)F)C1. The number of likely N-dealkylation sites (tertiary alicyclic amines) is 1. The minimum absolute atomic E-state index is 0.234. The average Bonchev–Trinajstić information content (AvgIpc) is 2.12. The van der Waals surface area contributed by atoms with E-state index in [1.165, 1.54) is 4.90 Å². The van der Waals surface area contributed by atoms with E-state index in [9.17, 15) is 17.1 Å². The molecule has 5 nitrogen and oxygen atoms in total. The average molecular weight is 281 g/mol. The number of amides is 1. The maximum Gasteiger partial charge on any atom is 0.410 e. The Morgan fingerprint density at radius 1 is 1.44 bits per heavy atom. The van der Waals surface area contributed by atoms with Crippen molar-refractivity contribution in [3.63, 3.8) is 0 Å². The van der Waals surface area contributed by atoms with Crippen LogP contribution in [0, 0.1) is 5.92 Å². The van der Waals surface area contributed by atoms with Gasteiger partial charge in [0.25, 0.3) is 0 Å². The second kappa shape index (κ2) is 5.42. The van der Waals surface area contributed by atoms with Crippen LogP contribution < -0.4 is 0 Å². The highest BCUT2D eigenvalue weighted by atomic mass is 32.3. The molecule has 0 bridgehead atoms. The Balaban J connectivity index is 2.56. The largest absolute Gasteiger partial charge is 0.444 e. The fourth-order valence-electron chi connectivity index (χ4n) is 1.97. The van der Waals surface area contributed by atoms with Crippen molar-refractivity contribution in [2.24, 2.45) is 5.92 Å². The predicted molar refractivity (Wildman–Crippen MR) is 65.4 cm³/mol. The lowest BCUT2D eigenvalue weighted by Gasteiger charge is -2.33. The molecular formula is C11H20FNO4S. The van der Waals surface area contributed by atoms with Crippen LogP contribution in [0.1, 0.15) is 33.6 Å². The maximum atomic E-state index is 12.6. The van der Waals surface area contributed by atoms with Gasteiger partial charge in [0, 0.05) is 13.1 Å². The number of rotatable bonds is 2. The zero-order valence-electron chi connectivity index (χ0n) is 11.0. The molecule has 0 aliphatic carbocycles. The van der Waals surface area contributed by atoms with Crippen LogP contribution in [0.4, 0.5) is 8.68 Å². The molecule has 106 valence electrons. The smallest absolute Gasteiger partial charge is 0.410 e. The van der Waals surface area contributed by atoms with Gasteiger partial charge in [0.1, 0.15) is 5.60 Å². The summed E-state index contributed by atoms with van der Waals surface area (Å²) in [5, 5.41) is 0. The minimum Gasteiger partial charge on any atom is -0.444 e. The molecule has 1 saturated heterocycles. The molecule has 0 N–H and O–H groups in total. The molecule has 0 aromatic rings. The third-order valence-corrected chi connectivity index (χ3v) is 3.48. The fraction of sp³-hybridized carbons (Fsp3) is 0.909. The molecule has 1 aliphatic rings. The van der Waals surface area contributed by atoms with Crippen molar-refractivity contribution in [2.75, 3.05) is 18.8 Å². The van der Waals surface area contributed by atoms with E-state index in [-0.39, 0.29) is 12.5 Å². The zero-order chi connectivity index (χ0) is 14.0. The zero-order valence-corrected chi connectivity index (χ0v) is 11.8. The van der Waals surface area contributed by atoms with E-state index in [1.54, 1.807) is 20.8 Å². The number of ether oxygens (including phenoxy) is 1. The van der Waals surface area contributed by atoms with Crippen molar-refractivity contribution in [3.05, 3.63) is 0 Å². The van der Waals surface area contributed by atoms with Gasteiger partial charge in [-0.05, 0) is 39.5 Å². The molecule has 0 aromatic carbocycles. The van der Waals surface area contributed by atoms with E-state index in [1.807, 2.05) is 0 Å². The number of hydrogen-bond acceptors (Lipinski definition) is 4. The molecule has 0 unspecified atom stereocenters. The fourth-order valence-corrected chi connectivity index (χ4v) is 2.81. The number of nitrogens with zero attached hydrogens (tertiary/aromatic N) is 1. The van der Waals surface area contributed by atoms with E-state index >= 15 is 0 Å². The summed E-state index contributed by atoms with van der Waals surface area (Å²) in [5.41, 5.74) is -0.587. The third kappa shape index (κ3) is 5.66. The van der Waals surface area contributed by atoms with Crippen LogP contribution in [0.15, 0.2) is 0 Å². The molecule has 18 heavy (non-hydrogen) atoms. The van der Waals surface area contributed by atoms with E-state index in [0.29, 0.717) is 19.4 Å². The molecule has 7 heteroatoms. The number of halogens is 1. The quantitative estimate of drug-likeness (QED) is 0.726. The lowest BCUT2D eigenvalue weighted by molar-refractivity contribution is 0.0175. The van der Waals surface area contributed by atoms with Crippen molar-refractivity contribution in [1.82, 2.24) is 4.90 Å². The van der Waals surface area contributed by atoms with Crippen LogP contribution in [0.25, 0.3) is 0 Å². The first-order chi connectivity index (χ1) is 8.07. The van der Waals surface area contributed by atoms with Crippen LogP contribution in [0.3, 0.4) is 0 Å². The van der Waals surface area contributed by atoms with Gasteiger partial charge in [-0.15, -0.1) is 3.89 Å². The first-order valence-corrected chi connectivity index (χ1v) is 7.52. The van der Waals surface area contributed by atoms with Crippen LogP contribution in [0.5, 0.6) is 0 Å². The second-order valence-electron chi connectivity index (χ2n) is 5.64. The summed E-state index contributed by atoms with van der Waals surface area (Å²) < 4.78 is 39.0.